The number of hydrogen-bond donors (Lipinski definition) is 2. The highest BCUT2D eigenvalue weighted by Gasteiger charge is 2.19. The third-order valence-electron chi connectivity index (χ3n) is 4.84. The van der Waals surface area contributed by atoms with Crippen LogP contribution in [0.25, 0.3) is 0 Å². The van der Waals surface area contributed by atoms with E-state index in [-0.39, 0.29) is 0 Å². The molecule has 1 unspecified atom stereocenters. The lowest BCUT2D eigenvalue weighted by Gasteiger charge is -2.22. The molecule has 1 aromatic carbocycles. The summed E-state index contributed by atoms with van der Waals surface area (Å²) in [4.78, 5) is 21.7. The van der Waals surface area contributed by atoms with Crippen molar-refractivity contribution >= 4 is 11.9 Å². The number of hydrogen-bond acceptors (Lipinski definition) is 3. The Kier molecular flexibility index (Phi) is 8.49. The van der Waals surface area contributed by atoms with Gasteiger partial charge in [0.2, 0.25) is 0 Å². The number of carboxylic acids is 2. The van der Waals surface area contributed by atoms with Gasteiger partial charge in [-0.15, -0.1) is 0 Å². The van der Waals surface area contributed by atoms with Gasteiger partial charge < -0.3 is 19.7 Å². The molecule has 1 saturated heterocycles. The summed E-state index contributed by atoms with van der Waals surface area (Å²) in [6.45, 7) is 3.79. The summed E-state index contributed by atoms with van der Waals surface area (Å²) in [5, 5.41) is 15.6. The van der Waals surface area contributed by atoms with Crippen LogP contribution in [-0.2, 0) is 16.6 Å². The van der Waals surface area contributed by atoms with E-state index in [0.29, 0.717) is 18.1 Å². The molecule has 1 aliphatic heterocycles. The van der Waals surface area contributed by atoms with Crippen molar-refractivity contribution < 1.29 is 19.8 Å². The molecule has 2 aromatic rings. The number of carboxylic acid groups (broad SMARTS) is 2. The molecule has 150 valence electrons. The van der Waals surface area contributed by atoms with Gasteiger partial charge in [-0.25, -0.2) is 9.59 Å². The molecule has 0 bridgehead atoms. The van der Waals surface area contributed by atoms with E-state index in [9.17, 15) is 9.59 Å². The SMILES string of the molecule is Cn1cccc1C(CCN1CCCC1)c1ccccc1.O=C(O)C=CC(=O)O. The van der Waals surface area contributed by atoms with Crippen LogP contribution >= 0.6 is 0 Å². The first kappa shape index (κ1) is 21.4. The predicted molar refractivity (Wildman–Crippen MR) is 108 cm³/mol. The molecule has 1 fully saturated rings. The van der Waals surface area contributed by atoms with Gasteiger partial charge in [0.15, 0.2) is 0 Å². The van der Waals surface area contributed by atoms with Gasteiger partial charge in [-0.2, -0.15) is 0 Å². The molecule has 2 N–H and O–H groups in total. The van der Waals surface area contributed by atoms with Crippen molar-refractivity contribution in [3.8, 4) is 0 Å². The third-order valence-corrected chi connectivity index (χ3v) is 4.84. The number of aryl methyl sites for hydroxylation is 1. The number of aromatic nitrogens is 1. The first-order valence-electron chi connectivity index (χ1n) is 9.50. The highest BCUT2D eigenvalue weighted by Crippen LogP contribution is 2.28. The van der Waals surface area contributed by atoms with Crippen LogP contribution in [0.15, 0.2) is 60.8 Å². The van der Waals surface area contributed by atoms with E-state index in [2.05, 4.69) is 65.2 Å². The van der Waals surface area contributed by atoms with Crippen LogP contribution < -0.4 is 0 Å². The van der Waals surface area contributed by atoms with E-state index in [1.54, 1.807) is 0 Å². The third kappa shape index (κ3) is 7.04. The minimum Gasteiger partial charge on any atom is -0.478 e. The number of carbonyl (C=O) groups is 2. The molecule has 1 atom stereocenters. The number of nitrogens with zero attached hydrogens (tertiary/aromatic N) is 2. The predicted octanol–water partition coefficient (Wildman–Crippen LogP) is 3.35. The molecule has 0 saturated carbocycles. The maximum absolute atomic E-state index is 9.55. The van der Waals surface area contributed by atoms with Crippen molar-refractivity contribution in [1.29, 1.82) is 0 Å². The van der Waals surface area contributed by atoms with Crippen molar-refractivity contribution in [1.82, 2.24) is 9.47 Å². The second-order valence-corrected chi connectivity index (χ2v) is 6.85. The van der Waals surface area contributed by atoms with Crippen LogP contribution in [0.5, 0.6) is 0 Å². The molecular weight excluding hydrogens is 356 g/mol. The van der Waals surface area contributed by atoms with Crippen molar-refractivity contribution in [2.75, 3.05) is 19.6 Å². The molecule has 0 spiro atoms. The average molecular weight is 384 g/mol. The summed E-state index contributed by atoms with van der Waals surface area (Å²) in [6.07, 6.45) is 7.23. The summed E-state index contributed by atoms with van der Waals surface area (Å²) < 4.78 is 2.27. The van der Waals surface area contributed by atoms with Gasteiger partial charge in [0.1, 0.15) is 0 Å². The van der Waals surface area contributed by atoms with Gasteiger partial charge in [-0.1, -0.05) is 30.3 Å². The largest absolute Gasteiger partial charge is 0.478 e. The Morgan fingerprint density at radius 3 is 2.11 bits per heavy atom. The molecule has 1 aliphatic rings. The maximum atomic E-state index is 9.55. The Balaban J connectivity index is 0.000000300. The number of likely N-dealkylation sites (tertiary alicyclic amines) is 1. The maximum Gasteiger partial charge on any atom is 0.328 e. The molecule has 3 rings (SSSR count). The highest BCUT2D eigenvalue weighted by molar-refractivity contribution is 5.89. The standard InChI is InChI=1S/C18H24N2.C4H4O4/c1-19-12-7-10-18(19)17(16-8-3-2-4-9-16)11-15-20-13-5-6-14-20;5-3(6)1-2-4(7)8/h2-4,7-10,12,17H,5-6,11,13-15H2,1H3;1-2H,(H,5,6)(H,7,8). The molecule has 0 radical (unpaired) electrons. The molecule has 2 heterocycles. The Morgan fingerprint density at radius 2 is 1.61 bits per heavy atom. The number of rotatable bonds is 7. The van der Waals surface area contributed by atoms with E-state index < -0.39 is 11.9 Å². The Labute approximate surface area is 165 Å². The normalized spacial score (nSPS) is 15.2. The van der Waals surface area contributed by atoms with Crippen LogP contribution in [0, 0.1) is 0 Å². The van der Waals surface area contributed by atoms with Gasteiger partial charge in [-0.3, -0.25) is 0 Å². The van der Waals surface area contributed by atoms with Crippen LogP contribution in [0.2, 0.25) is 0 Å². The van der Waals surface area contributed by atoms with E-state index >= 15 is 0 Å². The van der Waals surface area contributed by atoms with Gasteiger partial charge >= 0.3 is 11.9 Å². The van der Waals surface area contributed by atoms with Crippen molar-refractivity contribution in [2.24, 2.45) is 7.05 Å². The zero-order valence-electron chi connectivity index (χ0n) is 16.2. The molecule has 6 nitrogen and oxygen atoms in total. The topological polar surface area (TPSA) is 82.8 Å². The Morgan fingerprint density at radius 1 is 1.00 bits per heavy atom. The number of benzene rings is 1. The number of aliphatic carboxylic acids is 2. The summed E-state index contributed by atoms with van der Waals surface area (Å²) in [5.74, 6) is -2.00. The first-order chi connectivity index (χ1) is 13.5. The molecule has 0 aliphatic carbocycles. The minimum absolute atomic E-state index is 0.511. The lowest BCUT2D eigenvalue weighted by Crippen LogP contribution is -2.23. The summed E-state index contributed by atoms with van der Waals surface area (Å²) in [5.41, 5.74) is 2.86. The lowest BCUT2D eigenvalue weighted by atomic mass is 9.92. The van der Waals surface area contributed by atoms with Crippen LogP contribution in [-0.4, -0.2) is 51.3 Å². The van der Waals surface area contributed by atoms with Crippen molar-refractivity contribution in [2.45, 2.75) is 25.2 Å². The fourth-order valence-electron chi connectivity index (χ4n) is 3.47. The van der Waals surface area contributed by atoms with E-state index in [4.69, 9.17) is 10.2 Å². The van der Waals surface area contributed by atoms with Crippen molar-refractivity contribution in [3.63, 3.8) is 0 Å². The smallest absolute Gasteiger partial charge is 0.328 e. The van der Waals surface area contributed by atoms with Gasteiger partial charge in [0.25, 0.3) is 0 Å². The second kappa shape index (κ2) is 11.1. The van der Waals surface area contributed by atoms with E-state index in [1.165, 1.54) is 50.2 Å². The quantitative estimate of drug-likeness (QED) is 0.716. The lowest BCUT2D eigenvalue weighted by molar-refractivity contribution is -0.134. The molecule has 1 aromatic heterocycles. The summed E-state index contributed by atoms with van der Waals surface area (Å²) in [6, 6.07) is 15.4. The van der Waals surface area contributed by atoms with Crippen LogP contribution in [0.3, 0.4) is 0 Å². The van der Waals surface area contributed by atoms with Crippen LogP contribution in [0.1, 0.15) is 36.4 Å². The molecular formula is C22H28N2O4. The second-order valence-electron chi connectivity index (χ2n) is 6.85. The van der Waals surface area contributed by atoms with E-state index in [0.717, 1.165) is 0 Å². The minimum atomic E-state index is -1.26. The fourth-order valence-corrected chi connectivity index (χ4v) is 3.47. The van der Waals surface area contributed by atoms with Crippen LogP contribution in [0.4, 0.5) is 0 Å². The van der Waals surface area contributed by atoms with Gasteiger partial charge in [0.05, 0.1) is 0 Å². The molecule has 0 amide bonds. The van der Waals surface area contributed by atoms with E-state index in [1.807, 2.05) is 0 Å². The Bertz CT molecular complexity index is 761. The first-order valence-corrected chi connectivity index (χ1v) is 9.50. The Hall–Kier alpha value is -2.86. The zero-order chi connectivity index (χ0) is 20.4. The zero-order valence-corrected chi connectivity index (χ0v) is 16.2. The summed E-state index contributed by atoms with van der Waals surface area (Å²) in [7, 11) is 2.15. The average Bonchev–Trinajstić information content (AvgIpc) is 3.34. The monoisotopic (exact) mass is 384 g/mol. The highest BCUT2D eigenvalue weighted by atomic mass is 16.4. The van der Waals surface area contributed by atoms with Gasteiger partial charge in [-0.05, 0) is 56.6 Å². The van der Waals surface area contributed by atoms with Gasteiger partial charge in [0, 0.05) is 37.0 Å². The fraction of sp³-hybridized carbons (Fsp3) is 0.364. The van der Waals surface area contributed by atoms with Crippen molar-refractivity contribution in [3.05, 3.63) is 72.1 Å². The molecule has 6 heteroatoms. The molecule has 28 heavy (non-hydrogen) atoms. The summed E-state index contributed by atoms with van der Waals surface area (Å²) >= 11 is 0.